The van der Waals surface area contributed by atoms with E-state index in [0.717, 1.165) is 13.0 Å². The van der Waals surface area contributed by atoms with E-state index in [2.05, 4.69) is 26.1 Å². The highest BCUT2D eigenvalue weighted by atomic mass is 16.4. The lowest BCUT2D eigenvalue weighted by Crippen LogP contribution is -2.45. The van der Waals surface area contributed by atoms with Crippen LogP contribution in [-0.4, -0.2) is 69.3 Å². The Balaban J connectivity index is 0.000000515. The van der Waals surface area contributed by atoms with Crippen LogP contribution in [0.3, 0.4) is 0 Å². The van der Waals surface area contributed by atoms with Crippen molar-refractivity contribution in [2.24, 2.45) is 0 Å². The summed E-state index contributed by atoms with van der Waals surface area (Å²) in [6.45, 7) is 7.96. The predicted molar refractivity (Wildman–Crippen MR) is 84.0 cm³/mol. The van der Waals surface area contributed by atoms with Gasteiger partial charge in [-0.15, -0.1) is 0 Å². The van der Waals surface area contributed by atoms with Gasteiger partial charge in [-0.1, -0.05) is 0 Å². The number of hydrogen-bond acceptors (Lipinski definition) is 5. The Bertz CT molecular complexity index is 426. The van der Waals surface area contributed by atoms with E-state index < -0.39 is 18.0 Å². The van der Waals surface area contributed by atoms with Crippen molar-refractivity contribution < 1.29 is 29.7 Å². The van der Waals surface area contributed by atoms with Crippen molar-refractivity contribution in [3.05, 3.63) is 12.2 Å². The molecule has 0 saturated carbocycles. The van der Waals surface area contributed by atoms with Crippen LogP contribution in [0.1, 0.15) is 33.6 Å². The van der Waals surface area contributed by atoms with Gasteiger partial charge in [0.2, 0.25) is 5.91 Å². The van der Waals surface area contributed by atoms with E-state index in [1.165, 1.54) is 0 Å². The number of amides is 1. The molecular weight excluding hydrogens is 304 g/mol. The molecular formula is C15H26N2O6. The first-order chi connectivity index (χ1) is 10.5. The molecule has 8 nitrogen and oxygen atoms in total. The summed E-state index contributed by atoms with van der Waals surface area (Å²) in [6, 6.07) is 0. The summed E-state index contributed by atoms with van der Waals surface area (Å²) in [5.74, 6) is -2.34. The van der Waals surface area contributed by atoms with Crippen LogP contribution in [0.15, 0.2) is 12.2 Å². The molecule has 1 unspecified atom stereocenters. The number of carboxylic acid groups (broad SMARTS) is 2. The topological polar surface area (TPSA) is 127 Å². The Labute approximate surface area is 135 Å². The molecule has 0 radical (unpaired) electrons. The van der Waals surface area contributed by atoms with E-state index in [1.807, 2.05) is 0 Å². The zero-order valence-corrected chi connectivity index (χ0v) is 13.8. The second-order valence-electron chi connectivity index (χ2n) is 6.24. The summed E-state index contributed by atoms with van der Waals surface area (Å²) in [7, 11) is 0. The van der Waals surface area contributed by atoms with Crippen LogP contribution >= 0.6 is 0 Å². The molecule has 8 heteroatoms. The zero-order chi connectivity index (χ0) is 18.0. The molecule has 1 aliphatic heterocycles. The molecule has 1 rings (SSSR count). The quantitative estimate of drug-likeness (QED) is 0.507. The lowest BCUT2D eigenvalue weighted by Gasteiger charge is -2.25. The van der Waals surface area contributed by atoms with Crippen LogP contribution in [0.4, 0.5) is 0 Å². The van der Waals surface area contributed by atoms with Gasteiger partial charge in [-0.2, -0.15) is 0 Å². The minimum Gasteiger partial charge on any atom is -0.478 e. The number of carbonyl (C=O) groups is 3. The van der Waals surface area contributed by atoms with Gasteiger partial charge in [-0.05, 0) is 27.2 Å². The van der Waals surface area contributed by atoms with Crippen molar-refractivity contribution in [2.75, 3.05) is 19.6 Å². The van der Waals surface area contributed by atoms with Crippen LogP contribution in [0.2, 0.25) is 0 Å². The number of nitrogens with zero attached hydrogens (tertiary/aromatic N) is 1. The molecule has 1 heterocycles. The summed E-state index contributed by atoms with van der Waals surface area (Å²) < 4.78 is 0. The fourth-order valence-electron chi connectivity index (χ4n) is 1.78. The van der Waals surface area contributed by atoms with Gasteiger partial charge in [0.1, 0.15) is 0 Å². The molecule has 4 N–H and O–H groups in total. The van der Waals surface area contributed by atoms with E-state index >= 15 is 0 Å². The van der Waals surface area contributed by atoms with Crippen LogP contribution < -0.4 is 5.32 Å². The number of aliphatic carboxylic acids is 2. The Morgan fingerprint density at radius 1 is 1.26 bits per heavy atom. The number of aliphatic hydroxyl groups is 1. The normalized spacial score (nSPS) is 16.2. The molecule has 0 aromatic carbocycles. The van der Waals surface area contributed by atoms with Crippen molar-refractivity contribution in [3.63, 3.8) is 0 Å². The maximum Gasteiger partial charge on any atom is 0.328 e. The molecule has 1 saturated heterocycles. The van der Waals surface area contributed by atoms with Crippen molar-refractivity contribution in [1.29, 1.82) is 0 Å². The van der Waals surface area contributed by atoms with Crippen LogP contribution in [-0.2, 0) is 14.4 Å². The molecule has 132 valence electrons. The molecule has 1 atom stereocenters. The largest absolute Gasteiger partial charge is 0.478 e. The van der Waals surface area contributed by atoms with Gasteiger partial charge in [-0.3, -0.25) is 4.79 Å². The Morgan fingerprint density at radius 2 is 1.78 bits per heavy atom. The summed E-state index contributed by atoms with van der Waals surface area (Å²) in [4.78, 5) is 32.2. The first-order valence-corrected chi connectivity index (χ1v) is 7.36. The molecule has 0 spiro atoms. The summed E-state index contributed by atoms with van der Waals surface area (Å²) in [5.41, 5.74) is 0.00992. The number of hydrogen-bond donors (Lipinski definition) is 4. The summed E-state index contributed by atoms with van der Waals surface area (Å²) in [6.07, 6.45) is 2.22. The lowest BCUT2D eigenvalue weighted by atomic mass is 10.1. The van der Waals surface area contributed by atoms with Crippen LogP contribution in [0.25, 0.3) is 0 Å². The smallest absolute Gasteiger partial charge is 0.328 e. The lowest BCUT2D eigenvalue weighted by molar-refractivity contribution is -0.134. The number of nitrogens with one attached hydrogen (secondary N) is 1. The highest BCUT2D eigenvalue weighted by Crippen LogP contribution is 2.10. The van der Waals surface area contributed by atoms with E-state index in [0.29, 0.717) is 31.7 Å². The molecule has 0 aliphatic carbocycles. The molecule has 1 amide bonds. The van der Waals surface area contributed by atoms with Crippen LogP contribution in [0.5, 0.6) is 0 Å². The summed E-state index contributed by atoms with van der Waals surface area (Å²) >= 11 is 0. The fraction of sp³-hybridized carbons (Fsp3) is 0.667. The minimum atomic E-state index is -1.26. The predicted octanol–water partition coefficient (Wildman–Crippen LogP) is 0.0696. The SMILES string of the molecule is CC(C)(C)NCC(O)CN1CCCC1=O.O=C(O)C=CC(=O)O. The van der Waals surface area contributed by atoms with E-state index in [-0.39, 0.29) is 11.4 Å². The van der Waals surface area contributed by atoms with Gasteiger partial charge < -0.3 is 25.5 Å². The third-order valence-corrected chi connectivity index (χ3v) is 2.84. The second kappa shape index (κ2) is 9.96. The Hall–Kier alpha value is -1.93. The van der Waals surface area contributed by atoms with Gasteiger partial charge in [0.15, 0.2) is 0 Å². The van der Waals surface area contributed by atoms with E-state index in [9.17, 15) is 19.5 Å². The first-order valence-electron chi connectivity index (χ1n) is 7.36. The maximum atomic E-state index is 11.3. The standard InChI is InChI=1S/C11H22N2O2.C4H4O4/c1-11(2,3)12-7-9(14)8-13-6-4-5-10(13)15;5-3(6)1-2-4(7)8/h9,12,14H,4-8H2,1-3H3;1-2H,(H,5,6)(H,7,8). The van der Waals surface area contributed by atoms with Crippen molar-refractivity contribution in [3.8, 4) is 0 Å². The minimum absolute atomic E-state index is 0.00992. The monoisotopic (exact) mass is 330 g/mol. The van der Waals surface area contributed by atoms with Gasteiger partial charge in [-0.25, -0.2) is 9.59 Å². The van der Waals surface area contributed by atoms with E-state index in [1.54, 1.807) is 4.90 Å². The molecule has 1 aliphatic rings. The van der Waals surface area contributed by atoms with Crippen molar-refractivity contribution in [1.82, 2.24) is 10.2 Å². The second-order valence-corrected chi connectivity index (χ2v) is 6.24. The Morgan fingerprint density at radius 3 is 2.13 bits per heavy atom. The number of carboxylic acids is 2. The highest BCUT2D eigenvalue weighted by molar-refractivity contribution is 5.89. The maximum absolute atomic E-state index is 11.3. The number of β-amino-alcohol motifs (C(OH)–C–C–N with tert-alkyl or cyclic N) is 1. The fourth-order valence-corrected chi connectivity index (χ4v) is 1.78. The molecule has 0 aromatic rings. The zero-order valence-electron chi connectivity index (χ0n) is 13.8. The van der Waals surface area contributed by atoms with Crippen LogP contribution in [0, 0.1) is 0 Å². The molecule has 0 bridgehead atoms. The number of carbonyl (C=O) groups excluding carboxylic acids is 1. The third-order valence-electron chi connectivity index (χ3n) is 2.84. The van der Waals surface area contributed by atoms with Gasteiger partial charge in [0.25, 0.3) is 0 Å². The first kappa shape index (κ1) is 21.1. The van der Waals surface area contributed by atoms with Crippen molar-refractivity contribution >= 4 is 17.8 Å². The molecule has 0 aromatic heterocycles. The molecule has 1 fully saturated rings. The number of likely N-dealkylation sites (tertiary alicyclic amines) is 1. The van der Waals surface area contributed by atoms with Gasteiger partial charge in [0.05, 0.1) is 6.10 Å². The average Bonchev–Trinajstić information content (AvgIpc) is 2.80. The third kappa shape index (κ3) is 12.3. The summed E-state index contributed by atoms with van der Waals surface area (Å²) in [5, 5.41) is 28.6. The van der Waals surface area contributed by atoms with Gasteiger partial charge >= 0.3 is 11.9 Å². The average molecular weight is 330 g/mol. The number of rotatable bonds is 6. The highest BCUT2D eigenvalue weighted by Gasteiger charge is 2.23. The number of aliphatic hydroxyl groups excluding tert-OH is 1. The van der Waals surface area contributed by atoms with E-state index in [4.69, 9.17) is 10.2 Å². The van der Waals surface area contributed by atoms with Crippen molar-refractivity contribution in [2.45, 2.75) is 45.3 Å². The van der Waals surface area contributed by atoms with Gasteiger partial charge in [0, 0.05) is 43.7 Å². The Kier molecular flexibility index (Phi) is 9.12. The molecule has 23 heavy (non-hydrogen) atoms.